The molecule has 0 aromatic carbocycles. The highest BCUT2D eigenvalue weighted by atomic mass is 16.5. The fourth-order valence-electron chi connectivity index (χ4n) is 1.48. The van der Waals surface area contributed by atoms with E-state index in [4.69, 9.17) is 9.47 Å². The van der Waals surface area contributed by atoms with Crippen molar-refractivity contribution >= 4 is 18.0 Å². The Hall–Kier alpha value is -2.48. The van der Waals surface area contributed by atoms with Crippen LogP contribution in [0.25, 0.3) is 0 Å². The van der Waals surface area contributed by atoms with Crippen molar-refractivity contribution in [3.63, 3.8) is 0 Å². The number of rotatable bonds is 6. The van der Waals surface area contributed by atoms with Crippen molar-refractivity contribution in [1.29, 1.82) is 0 Å². The monoisotopic (exact) mass is 386 g/mol. The summed E-state index contributed by atoms with van der Waals surface area (Å²) >= 11 is 0. The number of ether oxygens (including phenoxy) is 3. The molecule has 0 saturated carbocycles. The van der Waals surface area contributed by atoms with Crippen LogP contribution in [0, 0.1) is 5.92 Å². The van der Waals surface area contributed by atoms with E-state index < -0.39 is 0 Å². The van der Waals surface area contributed by atoms with Crippen molar-refractivity contribution in [2.24, 2.45) is 11.7 Å². The summed E-state index contributed by atoms with van der Waals surface area (Å²) in [6.45, 7) is 7.21. The highest BCUT2D eigenvalue weighted by molar-refractivity contribution is 5.78. The molecule has 0 saturated heterocycles. The molecule has 0 atom stereocenters. The number of esters is 1. The summed E-state index contributed by atoms with van der Waals surface area (Å²) in [5.74, 6) is 1.02. The molecule has 0 fully saturated rings. The minimum absolute atomic E-state index is 0.00463. The zero-order valence-corrected chi connectivity index (χ0v) is 17.7. The summed E-state index contributed by atoms with van der Waals surface area (Å²) in [4.78, 5) is 34.6. The lowest BCUT2D eigenvalue weighted by atomic mass is 10.2. The van der Waals surface area contributed by atoms with Crippen LogP contribution in [0.1, 0.15) is 51.0 Å². The first-order valence-electron chi connectivity index (χ1n) is 8.45. The lowest BCUT2D eigenvalue weighted by molar-refractivity contribution is -0.144. The SMILES string of the molecule is CCCC(C)=O.CN.COC(=O)C(C)C.COc1ccnc(C=O)c1OC. The van der Waals surface area contributed by atoms with Crippen LogP contribution in [-0.2, 0) is 14.3 Å². The zero-order chi connectivity index (χ0) is 21.8. The number of pyridine rings is 1. The molecule has 0 aliphatic rings. The van der Waals surface area contributed by atoms with Crippen molar-refractivity contribution in [2.75, 3.05) is 28.4 Å². The van der Waals surface area contributed by atoms with E-state index in [1.807, 2.05) is 6.92 Å². The van der Waals surface area contributed by atoms with Crippen LogP contribution >= 0.6 is 0 Å². The maximum absolute atomic E-state index is 10.5. The van der Waals surface area contributed by atoms with Gasteiger partial charge >= 0.3 is 5.97 Å². The maximum Gasteiger partial charge on any atom is 0.308 e. The van der Waals surface area contributed by atoms with Crippen LogP contribution in [0.3, 0.4) is 0 Å². The van der Waals surface area contributed by atoms with Gasteiger partial charge in [-0.25, -0.2) is 4.98 Å². The first-order valence-corrected chi connectivity index (χ1v) is 8.45. The Labute approximate surface area is 162 Å². The number of methoxy groups -OCH3 is 3. The molecule has 2 N–H and O–H groups in total. The lowest BCUT2D eigenvalue weighted by Gasteiger charge is -2.07. The number of nitrogens with two attached hydrogens (primary N) is 1. The number of aromatic nitrogens is 1. The number of aldehydes is 1. The first kappa shape index (κ1) is 29.3. The van der Waals surface area contributed by atoms with Crippen molar-refractivity contribution < 1.29 is 28.6 Å². The van der Waals surface area contributed by atoms with Crippen LogP contribution in [-0.4, -0.2) is 51.4 Å². The molecule has 0 aliphatic carbocycles. The minimum atomic E-state index is -0.153. The largest absolute Gasteiger partial charge is 0.493 e. The first-order chi connectivity index (χ1) is 12.8. The van der Waals surface area contributed by atoms with Crippen LogP contribution in [0.2, 0.25) is 0 Å². The molecule has 1 heterocycles. The molecule has 1 aromatic heterocycles. The molecular formula is C19H34N2O6. The highest BCUT2D eigenvalue weighted by Crippen LogP contribution is 2.27. The van der Waals surface area contributed by atoms with Crippen molar-refractivity contribution in [3.05, 3.63) is 18.0 Å². The van der Waals surface area contributed by atoms with E-state index in [0.29, 0.717) is 17.8 Å². The molecule has 0 aliphatic heterocycles. The summed E-state index contributed by atoms with van der Waals surface area (Å²) in [6, 6.07) is 1.63. The Balaban J connectivity index is -0.000000331. The van der Waals surface area contributed by atoms with Gasteiger partial charge in [0.15, 0.2) is 17.8 Å². The van der Waals surface area contributed by atoms with E-state index in [-0.39, 0.29) is 23.4 Å². The van der Waals surface area contributed by atoms with Gasteiger partial charge in [-0.15, -0.1) is 0 Å². The van der Waals surface area contributed by atoms with E-state index in [9.17, 15) is 14.4 Å². The quantitative estimate of drug-likeness (QED) is 0.585. The molecule has 0 bridgehead atoms. The molecule has 0 spiro atoms. The Morgan fingerprint density at radius 3 is 1.96 bits per heavy atom. The van der Waals surface area contributed by atoms with E-state index in [2.05, 4.69) is 15.5 Å². The summed E-state index contributed by atoms with van der Waals surface area (Å²) in [7, 11) is 5.86. The molecule has 156 valence electrons. The Morgan fingerprint density at radius 2 is 1.74 bits per heavy atom. The molecule has 27 heavy (non-hydrogen) atoms. The van der Waals surface area contributed by atoms with Gasteiger partial charge in [-0.1, -0.05) is 20.8 Å². The third-order valence-corrected chi connectivity index (χ3v) is 2.71. The second-order valence-corrected chi connectivity index (χ2v) is 5.18. The molecule has 8 heteroatoms. The molecule has 0 amide bonds. The third-order valence-electron chi connectivity index (χ3n) is 2.71. The number of hydrogen-bond acceptors (Lipinski definition) is 8. The number of hydrogen-bond donors (Lipinski definition) is 1. The smallest absolute Gasteiger partial charge is 0.308 e. The molecule has 8 nitrogen and oxygen atoms in total. The topological polar surface area (TPSA) is 118 Å². The lowest BCUT2D eigenvalue weighted by Crippen LogP contribution is -2.07. The van der Waals surface area contributed by atoms with Gasteiger partial charge in [-0.3, -0.25) is 9.59 Å². The average molecular weight is 386 g/mol. The van der Waals surface area contributed by atoms with Crippen LogP contribution in [0.15, 0.2) is 12.3 Å². The van der Waals surface area contributed by atoms with Gasteiger partial charge in [-0.2, -0.15) is 0 Å². The van der Waals surface area contributed by atoms with Crippen LogP contribution < -0.4 is 15.2 Å². The molecule has 1 rings (SSSR count). The predicted octanol–water partition coefficient (Wildman–Crippen LogP) is 2.68. The van der Waals surface area contributed by atoms with E-state index in [1.54, 1.807) is 26.8 Å². The van der Waals surface area contributed by atoms with Gasteiger partial charge in [0.25, 0.3) is 0 Å². The predicted molar refractivity (Wildman–Crippen MR) is 105 cm³/mol. The van der Waals surface area contributed by atoms with E-state index in [0.717, 1.165) is 12.8 Å². The van der Waals surface area contributed by atoms with Crippen LogP contribution in [0.4, 0.5) is 0 Å². The van der Waals surface area contributed by atoms with Gasteiger partial charge in [-0.05, 0) is 20.4 Å². The zero-order valence-electron chi connectivity index (χ0n) is 17.7. The number of nitrogens with zero attached hydrogens (tertiary/aromatic N) is 1. The van der Waals surface area contributed by atoms with Crippen molar-refractivity contribution in [1.82, 2.24) is 4.98 Å². The van der Waals surface area contributed by atoms with Crippen LogP contribution in [0.5, 0.6) is 11.5 Å². The van der Waals surface area contributed by atoms with Gasteiger partial charge in [0, 0.05) is 18.7 Å². The highest BCUT2D eigenvalue weighted by Gasteiger charge is 2.08. The van der Waals surface area contributed by atoms with Crippen molar-refractivity contribution in [2.45, 2.75) is 40.5 Å². The summed E-state index contributed by atoms with van der Waals surface area (Å²) in [5, 5.41) is 0. The minimum Gasteiger partial charge on any atom is -0.493 e. The maximum atomic E-state index is 10.5. The third kappa shape index (κ3) is 15.5. The normalized spacial score (nSPS) is 8.52. The Morgan fingerprint density at radius 1 is 1.19 bits per heavy atom. The molecular weight excluding hydrogens is 352 g/mol. The molecule has 0 unspecified atom stereocenters. The number of carbonyl (C=O) groups excluding carboxylic acids is 3. The summed E-state index contributed by atoms with van der Waals surface area (Å²) in [6.07, 6.45) is 3.84. The summed E-state index contributed by atoms with van der Waals surface area (Å²) in [5.41, 5.74) is 4.75. The van der Waals surface area contributed by atoms with E-state index in [1.165, 1.54) is 34.6 Å². The fraction of sp³-hybridized carbons (Fsp3) is 0.579. The van der Waals surface area contributed by atoms with Crippen molar-refractivity contribution in [3.8, 4) is 11.5 Å². The number of carbonyl (C=O) groups is 3. The molecule has 1 aromatic rings. The van der Waals surface area contributed by atoms with Gasteiger partial charge < -0.3 is 24.7 Å². The summed E-state index contributed by atoms with van der Waals surface area (Å²) < 4.78 is 14.3. The number of ketones is 1. The Bertz CT molecular complexity index is 533. The molecule has 0 radical (unpaired) electrons. The average Bonchev–Trinajstić information content (AvgIpc) is 2.68. The second-order valence-electron chi connectivity index (χ2n) is 5.18. The number of Topliss-reactive ketones (excluding diaryl/α,β-unsaturated/α-hetero) is 1. The van der Waals surface area contributed by atoms with Gasteiger partial charge in [0.2, 0.25) is 0 Å². The second kappa shape index (κ2) is 19.8. The van der Waals surface area contributed by atoms with Gasteiger partial charge in [0.05, 0.1) is 27.2 Å². The van der Waals surface area contributed by atoms with E-state index >= 15 is 0 Å². The standard InChI is InChI=1S/C8H9NO3.C5H10O2.C5H10O.CH5N/c1-11-7-3-4-9-6(5-10)8(7)12-2;1-4(2)5(6)7-3;1-3-4-5(2)6;1-2/h3-5H,1-2H3;4H,1-3H3;3-4H2,1-2H3;2H2,1H3. The fourth-order valence-corrected chi connectivity index (χ4v) is 1.48. The Kier molecular flexibility index (Phi) is 21.5. The van der Waals surface area contributed by atoms with Gasteiger partial charge in [0.1, 0.15) is 11.5 Å².